The molecular formula is C52H37N3. The first-order chi connectivity index (χ1) is 27.1. The molecule has 11 rings (SSSR count). The van der Waals surface area contributed by atoms with Crippen molar-refractivity contribution < 1.29 is 0 Å². The van der Waals surface area contributed by atoms with Crippen molar-refractivity contribution in [2.75, 3.05) is 4.90 Å². The highest BCUT2D eigenvalue weighted by molar-refractivity contribution is 6.10. The predicted octanol–water partition coefficient (Wildman–Crippen LogP) is 13.8. The van der Waals surface area contributed by atoms with E-state index in [-0.39, 0.29) is 5.92 Å². The Labute approximate surface area is 320 Å². The number of fused-ring (bicyclic) bond motifs is 9. The zero-order valence-electron chi connectivity index (χ0n) is 30.8. The molecule has 55 heavy (non-hydrogen) atoms. The van der Waals surface area contributed by atoms with Crippen LogP contribution in [0.3, 0.4) is 0 Å². The Kier molecular flexibility index (Phi) is 7.12. The zero-order chi connectivity index (χ0) is 36.6. The average molecular weight is 704 g/mol. The van der Waals surface area contributed by atoms with Gasteiger partial charge in [-0.15, -0.1) is 0 Å². The minimum absolute atomic E-state index is 0.189. The molecule has 0 saturated heterocycles. The molecule has 0 N–H and O–H groups in total. The van der Waals surface area contributed by atoms with Gasteiger partial charge < -0.3 is 0 Å². The Bertz CT molecular complexity index is 3080. The topological polar surface area (TPSA) is 29.0 Å². The molecule has 0 bridgehead atoms. The van der Waals surface area contributed by atoms with E-state index in [2.05, 4.69) is 189 Å². The van der Waals surface area contributed by atoms with Crippen molar-refractivity contribution >= 4 is 54.9 Å². The van der Waals surface area contributed by atoms with E-state index in [1.165, 1.54) is 71.9 Å². The average Bonchev–Trinajstić information content (AvgIpc) is 3.59. The van der Waals surface area contributed by atoms with Crippen LogP contribution in [-0.4, -0.2) is 9.97 Å². The van der Waals surface area contributed by atoms with E-state index in [1.807, 2.05) is 0 Å². The van der Waals surface area contributed by atoms with Crippen molar-refractivity contribution in [1.29, 1.82) is 0 Å². The molecule has 1 aliphatic heterocycles. The van der Waals surface area contributed by atoms with Crippen LogP contribution >= 0.6 is 0 Å². The lowest BCUT2D eigenvalue weighted by Crippen LogP contribution is -2.18. The van der Waals surface area contributed by atoms with Crippen LogP contribution in [0, 0.1) is 13.8 Å². The van der Waals surface area contributed by atoms with E-state index < -0.39 is 0 Å². The number of allylic oxidation sites excluding steroid dienone is 4. The predicted molar refractivity (Wildman–Crippen MR) is 231 cm³/mol. The maximum Gasteiger partial charge on any atom is 0.164 e. The highest BCUT2D eigenvalue weighted by Crippen LogP contribution is 2.58. The number of hydrogen-bond donors (Lipinski definition) is 0. The Balaban J connectivity index is 1.23. The smallest absolute Gasteiger partial charge is 0.164 e. The fraction of sp³-hybridized carbons (Fsp3) is 0.0769. The van der Waals surface area contributed by atoms with Gasteiger partial charge in [-0.05, 0) is 104 Å². The second kappa shape index (κ2) is 12.4. The monoisotopic (exact) mass is 703 g/mol. The van der Waals surface area contributed by atoms with Crippen LogP contribution in [0.4, 0.5) is 11.5 Å². The highest BCUT2D eigenvalue weighted by atomic mass is 15.2. The van der Waals surface area contributed by atoms with E-state index in [0.29, 0.717) is 0 Å². The lowest BCUT2D eigenvalue weighted by Gasteiger charge is -2.27. The molecule has 1 unspecified atom stereocenters. The Morgan fingerprint density at radius 1 is 0.582 bits per heavy atom. The van der Waals surface area contributed by atoms with Crippen molar-refractivity contribution in [2.24, 2.45) is 0 Å². The van der Waals surface area contributed by atoms with Gasteiger partial charge in [0.05, 0.1) is 16.7 Å². The molecular weight excluding hydrogens is 667 g/mol. The number of hydrogen-bond acceptors (Lipinski definition) is 3. The maximum absolute atomic E-state index is 5.71. The summed E-state index contributed by atoms with van der Waals surface area (Å²) in [5.41, 5.74) is 15.0. The first kappa shape index (κ1) is 31.7. The van der Waals surface area contributed by atoms with Crippen LogP contribution < -0.4 is 4.90 Å². The summed E-state index contributed by atoms with van der Waals surface area (Å²) >= 11 is 0. The van der Waals surface area contributed by atoms with Crippen LogP contribution in [-0.2, 0) is 0 Å². The molecule has 0 spiro atoms. The van der Waals surface area contributed by atoms with Crippen LogP contribution in [0.5, 0.6) is 0 Å². The number of nitrogens with zero attached hydrogens (tertiary/aromatic N) is 3. The molecule has 2 aliphatic rings. The highest BCUT2D eigenvalue weighted by Gasteiger charge is 2.41. The van der Waals surface area contributed by atoms with E-state index in [0.717, 1.165) is 45.3 Å². The molecule has 0 fully saturated rings. The number of aryl methyl sites for hydroxylation is 1. The van der Waals surface area contributed by atoms with Gasteiger partial charge in [-0.2, -0.15) is 0 Å². The fourth-order valence-corrected chi connectivity index (χ4v) is 9.25. The molecule has 2 heterocycles. The van der Waals surface area contributed by atoms with Gasteiger partial charge >= 0.3 is 0 Å². The van der Waals surface area contributed by atoms with Gasteiger partial charge in [0.2, 0.25) is 0 Å². The molecule has 3 heteroatoms. The fourth-order valence-electron chi connectivity index (χ4n) is 9.25. The summed E-state index contributed by atoms with van der Waals surface area (Å²) in [6.45, 7) is 4.58. The largest absolute Gasteiger partial charge is 0.296 e. The molecule has 260 valence electrons. The minimum Gasteiger partial charge on any atom is -0.296 e. The van der Waals surface area contributed by atoms with Crippen molar-refractivity contribution in [2.45, 2.75) is 26.2 Å². The first-order valence-corrected chi connectivity index (χ1v) is 19.2. The molecule has 0 amide bonds. The molecule has 0 saturated carbocycles. The number of benzene rings is 8. The van der Waals surface area contributed by atoms with Gasteiger partial charge in [-0.1, -0.05) is 152 Å². The van der Waals surface area contributed by atoms with Crippen molar-refractivity contribution in [1.82, 2.24) is 9.97 Å². The van der Waals surface area contributed by atoms with E-state index >= 15 is 0 Å². The maximum atomic E-state index is 5.71. The third-order valence-corrected chi connectivity index (χ3v) is 11.8. The SMILES string of the molecule is Cc1cc2ccccc2cc1-c1c(C)c2c(c3ccccc13)C1CC=CC=C1N2c1nc2c(ccc3ccccc32)nc1-c1ccc(-c2ccccc2)cc1. The zero-order valence-corrected chi connectivity index (χ0v) is 30.8. The summed E-state index contributed by atoms with van der Waals surface area (Å²) in [4.78, 5) is 13.7. The second-order valence-corrected chi connectivity index (χ2v) is 15.0. The third-order valence-electron chi connectivity index (χ3n) is 11.8. The third kappa shape index (κ3) is 4.90. The van der Waals surface area contributed by atoms with Gasteiger partial charge in [-0.3, -0.25) is 4.90 Å². The van der Waals surface area contributed by atoms with Crippen molar-refractivity contribution in [3.8, 4) is 33.5 Å². The van der Waals surface area contributed by atoms with Gasteiger partial charge in [0, 0.05) is 22.6 Å². The summed E-state index contributed by atoms with van der Waals surface area (Å²) in [5.74, 6) is 1.05. The van der Waals surface area contributed by atoms with Crippen LogP contribution in [0.15, 0.2) is 176 Å². The molecule has 8 aromatic carbocycles. The van der Waals surface area contributed by atoms with Gasteiger partial charge in [-0.25, -0.2) is 9.97 Å². The first-order valence-electron chi connectivity index (χ1n) is 19.2. The summed E-state index contributed by atoms with van der Waals surface area (Å²) in [5, 5.41) is 7.37. The number of rotatable bonds is 4. The molecule has 1 atom stereocenters. The molecule has 3 nitrogen and oxygen atoms in total. The van der Waals surface area contributed by atoms with E-state index in [9.17, 15) is 0 Å². The number of anilines is 2. The van der Waals surface area contributed by atoms with Crippen molar-refractivity contribution in [3.05, 3.63) is 192 Å². The summed E-state index contributed by atoms with van der Waals surface area (Å²) in [7, 11) is 0. The molecule has 1 aromatic heterocycles. The van der Waals surface area contributed by atoms with Crippen molar-refractivity contribution in [3.63, 3.8) is 0 Å². The minimum atomic E-state index is 0.189. The normalized spacial score (nSPS) is 14.8. The lowest BCUT2D eigenvalue weighted by atomic mass is 9.83. The molecule has 9 aromatic rings. The standard InChI is InChI=1S/C52H37N3/c1-32-30-38-17-6-7-18-39(38)31-44(32)47-33(2)51-48(42-21-11-10-20-41(42)47)43-22-12-13-23-46(43)55(51)52-49(37-26-24-35(25-27-37)34-14-4-3-5-15-34)53-45-29-28-36-16-8-9-19-40(36)50(45)54-52/h3-21,23-31,43H,22H2,1-2H3. The van der Waals surface area contributed by atoms with E-state index in [4.69, 9.17) is 9.97 Å². The summed E-state index contributed by atoms with van der Waals surface area (Å²) < 4.78 is 0. The lowest BCUT2D eigenvalue weighted by molar-refractivity contribution is 0.822. The van der Waals surface area contributed by atoms with Crippen LogP contribution in [0.2, 0.25) is 0 Å². The quantitative estimate of drug-likeness (QED) is 0.171. The number of aromatic nitrogens is 2. The van der Waals surface area contributed by atoms with Crippen LogP contribution in [0.25, 0.3) is 76.9 Å². The Morgan fingerprint density at radius 2 is 1.24 bits per heavy atom. The van der Waals surface area contributed by atoms with E-state index in [1.54, 1.807) is 0 Å². The summed E-state index contributed by atoms with van der Waals surface area (Å²) in [6.07, 6.45) is 7.77. The van der Waals surface area contributed by atoms with Gasteiger partial charge in [0.1, 0.15) is 5.69 Å². The van der Waals surface area contributed by atoms with Gasteiger partial charge in [0.15, 0.2) is 5.82 Å². The van der Waals surface area contributed by atoms with Crippen LogP contribution in [0.1, 0.15) is 29.0 Å². The Morgan fingerprint density at radius 3 is 2.04 bits per heavy atom. The molecule has 0 radical (unpaired) electrons. The Hall–Kier alpha value is -6.84. The molecule has 1 aliphatic carbocycles. The second-order valence-electron chi connectivity index (χ2n) is 15.0. The summed E-state index contributed by atoms with van der Waals surface area (Å²) in [6, 6.07) is 54.7. The van der Waals surface area contributed by atoms with Gasteiger partial charge in [0.25, 0.3) is 0 Å².